The van der Waals surface area contributed by atoms with Crippen LogP contribution in [0.4, 0.5) is 0 Å². The lowest BCUT2D eigenvalue weighted by Crippen LogP contribution is -2.45. The van der Waals surface area contributed by atoms with Crippen LogP contribution in [0.25, 0.3) is 10.8 Å². The minimum Gasteiger partial charge on any atom is -0.460 e. The Bertz CT molecular complexity index is 1310. The number of unbranched alkanes of at least 4 members (excludes halogenated alkanes) is 1. The maximum absolute atomic E-state index is 13.7. The second kappa shape index (κ2) is 17.1. The fourth-order valence-electron chi connectivity index (χ4n) is 4.34. The highest BCUT2D eigenvalue weighted by atomic mass is 32.2. The molecule has 0 aliphatic carbocycles. The van der Waals surface area contributed by atoms with Crippen LogP contribution in [0.15, 0.2) is 78.0 Å². The van der Waals surface area contributed by atoms with E-state index in [-0.39, 0.29) is 24.9 Å². The SMILES string of the molecule is CCCC[C@H](NC(=O)[C@@H](CSCC(COC(C)=O)=NO)Cc1cccc2ccccc12)C(=O)OCc1ccccc1. The van der Waals surface area contributed by atoms with Gasteiger partial charge in [0.05, 0.1) is 5.92 Å². The summed E-state index contributed by atoms with van der Waals surface area (Å²) in [6, 6.07) is 22.7. The third kappa shape index (κ3) is 10.6. The molecule has 9 heteroatoms. The van der Waals surface area contributed by atoms with E-state index in [0.717, 1.165) is 34.7 Å². The molecule has 2 N–H and O–H groups in total. The van der Waals surface area contributed by atoms with Gasteiger partial charge in [-0.2, -0.15) is 11.8 Å². The van der Waals surface area contributed by atoms with E-state index in [2.05, 4.69) is 10.5 Å². The maximum atomic E-state index is 13.7. The van der Waals surface area contributed by atoms with Gasteiger partial charge in [-0.05, 0) is 34.7 Å². The molecule has 8 nitrogen and oxygen atoms in total. The third-order valence-electron chi connectivity index (χ3n) is 6.56. The van der Waals surface area contributed by atoms with Gasteiger partial charge in [0.2, 0.25) is 5.91 Å². The first kappa shape index (κ1) is 31.7. The Morgan fingerprint density at radius 2 is 1.71 bits per heavy atom. The van der Waals surface area contributed by atoms with Crippen LogP contribution in [0.5, 0.6) is 0 Å². The van der Waals surface area contributed by atoms with Gasteiger partial charge in [-0.3, -0.25) is 9.59 Å². The maximum Gasteiger partial charge on any atom is 0.328 e. The van der Waals surface area contributed by atoms with Crippen LogP contribution in [0.2, 0.25) is 0 Å². The van der Waals surface area contributed by atoms with Gasteiger partial charge in [-0.1, -0.05) is 97.7 Å². The number of hydrogen-bond donors (Lipinski definition) is 2. The number of rotatable bonds is 16. The molecule has 0 saturated carbocycles. The molecule has 0 spiro atoms. The van der Waals surface area contributed by atoms with E-state index in [1.54, 1.807) is 0 Å². The molecule has 0 unspecified atom stereocenters. The molecule has 0 fully saturated rings. The molecule has 218 valence electrons. The predicted octanol–water partition coefficient (Wildman–Crippen LogP) is 5.54. The smallest absolute Gasteiger partial charge is 0.328 e. The fourth-order valence-corrected chi connectivity index (χ4v) is 5.39. The number of oxime groups is 1. The number of esters is 2. The summed E-state index contributed by atoms with van der Waals surface area (Å²) in [5.41, 5.74) is 2.19. The van der Waals surface area contributed by atoms with Gasteiger partial charge < -0.3 is 20.0 Å². The minimum atomic E-state index is -0.760. The number of hydrogen-bond acceptors (Lipinski definition) is 8. The highest BCUT2D eigenvalue weighted by Gasteiger charge is 2.27. The molecule has 3 aromatic rings. The molecular weight excluding hydrogens is 540 g/mol. The first-order chi connectivity index (χ1) is 19.9. The molecule has 0 aromatic heterocycles. The molecular formula is C32H38N2O6S. The van der Waals surface area contributed by atoms with Crippen LogP contribution < -0.4 is 5.32 Å². The van der Waals surface area contributed by atoms with Crippen molar-refractivity contribution in [3.8, 4) is 0 Å². The van der Waals surface area contributed by atoms with E-state index < -0.39 is 23.9 Å². The number of fused-ring (bicyclic) bond motifs is 1. The Morgan fingerprint density at radius 3 is 2.44 bits per heavy atom. The van der Waals surface area contributed by atoms with E-state index >= 15 is 0 Å². The zero-order chi connectivity index (χ0) is 29.5. The second-order valence-corrected chi connectivity index (χ2v) is 10.8. The highest BCUT2D eigenvalue weighted by molar-refractivity contribution is 8.00. The Balaban J connectivity index is 1.75. The van der Waals surface area contributed by atoms with Gasteiger partial charge in [0, 0.05) is 18.4 Å². The molecule has 3 aromatic carbocycles. The Labute approximate surface area is 245 Å². The van der Waals surface area contributed by atoms with Crippen molar-refractivity contribution in [1.29, 1.82) is 0 Å². The van der Waals surface area contributed by atoms with Gasteiger partial charge in [-0.15, -0.1) is 0 Å². The first-order valence-electron chi connectivity index (χ1n) is 13.8. The second-order valence-electron chi connectivity index (χ2n) is 9.80. The molecule has 0 saturated heterocycles. The van der Waals surface area contributed by atoms with Crippen LogP contribution in [0.3, 0.4) is 0 Å². The quantitative estimate of drug-likeness (QED) is 0.0992. The van der Waals surface area contributed by atoms with Crippen LogP contribution in [-0.2, 0) is 36.9 Å². The molecule has 41 heavy (non-hydrogen) atoms. The molecule has 0 aliphatic rings. The number of ether oxygens (including phenoxy) is 2. The van der Waals surface area contributed by atoms with Gasteiger partial charge in [0.1, 0.15) is 25.0 Å². The summed E-state index contributed by atoms with van der Waals surface area (Å²) < 4.78 is 10.5. The summed E-state index contributed by atoms with van der Waals surface area (Å²) in [5, 5.41) is 17.7. The van der Waals surface area contributed by atoms with Crippen LogP contribution in [0.1, 0.15) is 44.2 Å². The van der Waals surface area contributed by atoms with Crippen molar-refractivity contribution < 1.29 is 29.1 Å². The normalized spacial score (nSPS) is 12.9. The number of thioether (sulfide) groups is 1. The molecule has 0 heterocycles. The number of nitrogens with zero attached hydrogens (tertiary/aromatic N) is 1. The molecule has 0 bridgehead atoms. The van der Waals surface area contributed by atoms with Crippen molar-refractivity contribution in [2.75, 3.05) is 18.1 Å². The fraction of sp³-hybridized carbons (Fsp3) is 0.375. The number of carbonyl (C=O) groups is 3. The number of benzene rings is 3. The number of nitrogens with one attached hydrogen (secondary N) is 1. The van der Waals surface area contributed by atoms with Crippen molar-refractivity contribution in [1.82, 2.24) is 5.32 Å². The monoisotopic (exact) mass is 578 g/mol. The van der Waals surface area contributed by atoms with Crippen molar-refractivity contribution >= 4 is 46.1 Å². The number of amides is 1. The van der Waals surface area contributed by atoms with Gasteiger partial charge in [-0.25, -0.2) is 4.79 Å². The van der Waals surface area contributed by atoms with Crippen molar-refractivity contribution in [3.05, 3.63) is 83.9 Å². The molecule has 2 atom stereocenters. The first-order valence-corrected chi connectivity index (χ1v) is 14.9. The van der Waals surface area contributed by atoms with E-state index in [9.17, 15) is 19.6 Å². The largest absolute Gasteiger partial charge is 0.460 e. The zero-order valence-electron chi connectivity index (χ0n) is 23.6. The summed E-state index contributed by atoms with van der Waals surface area (Å²) in [6.45, 7) is 3.33. The van der Waals surface area contributed by atoms with Crippen LogP contribution >= 0.6 is 11.8 Å². The summed E-state index contributed by atoms with van der Waals surface area (Å²) >= 11 is 1.40. The van der Waals surface area contributed by atoms with Gasteiger partial charge >= 0.3 is 11.9 Å². The Kier molecular flexibility index (Phi) is 13.2. The van der Waals surface area contributed by atoms with Crippen molar-refractivity contribution in [2.45, 2.75) is 52.2 Å². The van der Waals surface area contributed by atoms with E-state index in [4.69, 9.17) is 9.47 Å². The Hall–Kier alpha value is -3.85. The number of carbonyl (C=O) groups excluding carboxylic acids is 3. The zero-order valence-corrected chi connectivity index (χ0v) is 24.4. The van der Waals surface area contributed by atoms with Gasteiger partial charge in [0.15, 0.2) is 0 Å². The van der Waals surface area contributed by atoms with Crippen molar-refractivity contribution in [3.63, 3.8) is 0 Å². The third-order valence-corrected chi connectivity index (χ3v) is 7.73. The van der Waals surface area contributed by atoms with E-state index in [1.807, 2.05) is 79.7 Å². The standard InChI is InChI=1S/C32H38N2O6S/c1-3-4-17-30(32(37)40-19-24-11-6-5-7-12-24)33-31(36)27(21-41-22-28(34-38)20-39-23(2)35)18-26-15-10-14-25-13-8-9-16-29(25)26/h5-16,27,30,38H,3-4,17-22H2,1-2H3,(H,33,36)/t27-,30+/m1/s1. The average molecular weight is 579 g/mol. The van der Waals surface area contributed by atoms with Crippen LogP contribution in [0, 0.1) is 5.92 Å². The summed E-state index contributed by atoms with van der Waals surface area (Å²) in [7, 11) is 0. The lowest BCUT2D eigenvalue weighted by atomic mass is 9.95. The Morgan fingerprint density at radius 1 is 0.976 bits per heavy atom. The topological polar surface area (TPSA) is 114 Å². The minimum absolute atomic E-state index is 0.120. The summed E-state index contributed by atoms with van der Waals surface area (Å²) in [5.74, 6) is -0.976. The lowest BCUT2D eigenvalue weighted by Gasteiger charge is -2.22. The molecule has 0 aliphatic heterocycles. The molecule has 0 radical (unpaired) electrons. The molecule has 3 rings (SSSR count). The van der Waals surface area contributed by atoms with Crippen molar-refractivity contribution in [2.24, 2.45) is 11.1 Å². The summed E-state index contributed by atoms with van der Waals surface area (Å²) in [4.78, 5) is 37.9. The summed E-state index contributed by atoms with van der Waals surface area (Å²) in [6.07, 6.45) is 2.57. The van der Waals surface area contributed by atoms with E-state index in [0.29, 0.717) is 24.3 Å². The lowest BCUT2D eigenvalue weighted by molar-refractivity contribution is -0.149. The van der Waals surface area contributed by atoms with E-state index in [1.165, 1.54) is 18.7 Å². The predicted molar refractivity (Wildman–Crippen MR) is 162 cm³/mol. The highest BCUT2D eigenvalue weighted by Crippen LogP contribution is 2.24. The average Bonchev–Trinajstić information content (AvgIpc) is 2.99. The van der Waals surface area contributed by atoms with Crippen LogP contribution in [-0.4, -0.2) is 52.9 Å². The van der Waals surface area contributed by atoms with Gasteiger partial charge in [0.25, 0.3) is 0 Å². The molecule has 1 amide bonds.